The number of aliphatic hydroxyl groups is 1. The summed E-state index contributed by atoms with van der Waals surface area (Å²) in [6.07, 6.45) is 1.00. The van der Waals surface area contributed by atoms with Crippen LogP contribution >= 0.6 is 0 Å². The molecular formula is C13H24N2O4. The molecule has 1 heterocycles. The van der Waals surface area contributed by atoms with Crippen LogP contribution in [-0.2, 0) is 4.79 Å². The quantitative estimate of drug-likeness (QED) is 0.693. The van der Waals surface area contributed by atoms with Crippen molar-refractivity contribution in [3.05, 3.63) is 0 Å². The Morgan fingerprint density at radius 1 is 1.42 bits per heavy atom. The molecular weight excluding hydrogens is 248 g/mol. The first-order chi connectivity index (χ1) is 8.86. The van der Waals surface area contributed by atoms with Gasteiger partial charge in [-0.15, -0.1) is 0 Å². The summed E-state index contributed by atoms with van der Waals surface area (Å²) in [6, 6.07) is -1.21. The molecule has 0 spiro atoms. The summed E-state index contributed by atoms with van der Waals surface area (Å²) in [6.45, 7) is 6.46. The van der Waals surface area contributed by atoms with E-state index in [2.05, 4.69) is 5.32 Å². The van der Waals surface area contributed by atoms with Crippen molar-refractivity contribution in [1.29, 1.82) is 0 Å². The molecule has 1 aliphatic rings. The highest BCUT2D eigenvalue weighted by Gasteiger charge is 2.32. The number of hydrogen-bond acceptors (Lipinski definition) is 3. The maximum atomic E-state index is 12.0. The fraction of sp³-hybridized carbons (Fsp3) is 0.846. The number of aliphatic hydroxyl groups excluding tert-OH is 1. The molecule has 0 aromatic carbocycles. The number of carbonyl (C=O) groups excluding carboxylic acids is 1. The van der Waals surface area contributed by atoms with Crippen molar-refractivity contribution in [3.63, 3.8) is 0 Å². The van der Waals surface area contributed by atoms with Crippen LogP contribution in [-0.4, -0.2) is 52.3 Å². The predicted molar refractivity (Wildman–Crippen MR) is 70.8 cm³/mol. The highest BCUT2D eigenvalue weighted by molar-refractivity contribution is 5.82. The van der Waals surface area contributed by atoms with Crippen LogP contribution in [0.5, 0.6) is 0 Å². The molecule has 1 aliphatic heterocycles. The summed E-state index contributed by atoms with van der Waals surface area (Å²) in [5.41, 5.74) is 0. The lowest BCUT2D eigenvalue weighted by molar-refractivity contribution is -0.140. The number of nitrogens with one attached hydrogen (secondary N) is 1. The molecule has 1 fully saturated rings. The van der Waals surface area contributed by atoms with Gasteiger partial charge in [0.2, 0.25) is 0 Å². The van der Waals surface area contributed by atoms with Crippen molar-refractivity contribution >= 4 is 12.0 Å². The van der Waals surface area contributed by atoms with Gasteiger partial charge in [-0.1, -0.05) is 20.3 Å². The molecule has 1 rings (SSSR count). The van der Waals surface area contributed by atoms with Crippen LogP contribution in [0.25, 0.3) is 0 Å². The van der Waals surface area contributed by atoms with Gasteiger partial charge in [-0.3, -0.25) is 0 Å². The Morgan fingerprint density at radius 3 is 2.47 bits per heavy atom. The molecule has 3 N–H and O–H groups in total. The van der Waals surface area contributed by atoms with E-state index in [1.54, 1.807) is 11.8 Å². The number of carboxylic acids is 1. The van der Waals surface area contributed by atoms with Gasteiger partial charge in [-0.25, -0.2) is 9.59 Å². The van der Waals surface area contributed by atoms with Crippen LogP contribution in [0.15, 0.2) is 0 Å². The first-order valence-electron chi connectivity index (χ1n) is 6.83. The molecule has 0 aliphatic carbocycles. The second-order valence-electron chi connectivity index (χ2n) is 5.39. The highest BCUT2D eigenvalue weighted by atomic mass is 16.4. The fourth-order valence-corrected chi connectivity index (χ4v) is 2.27. The minimum atomic E-state index is -1.01. The molecule has 0 aromatic heterocycles. The number of carboxylic acid groups (broad SMARTS) is 1. The number of likely N-dealkylation sites (tertiary alicyclic amines) is 1. The van der Waals surface area contributed by atoms with Gasteiger partial charge in [0, 0.05) is 19.0 Å². The van der Waals surface area contributed by atoms with Crippen LogP contribution in [0, 0.1) is 11.8 Å². The minimum Gasteiger partial charge on any atom is -0.480 e. The Morgan fingerprint density at radius 2 is 2.05 bits per heavy atom. The maximum absolute atomic E-state index is 12.0. The zero-order valence-corrected chi connectivity index (χ0v) is 11.8. The SMILES string of the molecule is CC[C@H](C)[C@H](NC(=O)N1CCC(C(C)O)C1)C(=O)O. The number of rotatable bonds is 5. The van der Waals surface area contributed by atoms with Gasteiger partial charge in [0.15, 0.2) is 0 Å². The smallest absolute Gasteiger partial charge is 0.326 e. The third-order valence-electron chi connectivity index (χ3n) is 3.95. The number of urea groups is 1. The highest BCUT2D eigenvalue weighted by Crippen LogP contribution is 2.20. The molecule has 6 heteroatoms. The van der Waals surface area contributed by atoms with Gasteiger partial charge >= 0.3 is 12.0 Å². The first-order valence-corrected chi connectivity index (χ1v) is 6.83. The van der Waals surface area contributed by atoms with Crippen LogP contribution in [0.1, 0.15) is 33.6 Å². The van der Waals surface area contributed by atoms with Crippen LogP contribution < -0.4 is 5.32 Å². The van der Waals surface area contributed by atoms with Crippen molar-refractivity contribution in [1.82, 2.24) is 10.2 Å². The van der Waals surface area contributed by atoms with Crippen molar-refractivity contribution < 1.29 is 19.8 Å². The lowest BCUT2D eigenvalue weighted by Crippen LogP contribution is -2.50. The number of carbonyl (C=O) groups is 2. The van der Waals surface area contributed by atoms with Crippen LogP contribution in [0.4, 0.5) is 4.79 Å². The van der Waals surface area contributed by atoms with Gasteiger partial charge < -0.3 is 20.4 Å². The van der Waals surface area contributed by atoms with E-state index in [1.165, 1.54) is 0 Å². The normalized spacial score (nSPS) is 23.8. The van der Waals surface area contributed by atoms with Crippen molar-refractivity contribution in [3.8, 4) is 0 Å². The predicted octanol–water partition coefficient (Wildman–Crippen LogP) is 0.898. The molecule has 1 saturated heterocycles. The number of hydrogen-bond donors (Lipinski definition) is 3. The van der Waals surface area contributed by atoms with E-state index in [0.29, 0.717) is 19.5 Å². The molecule has 4 atom stereocenters. The molecule has 0 bridgehead atoms. The summed E-state index contributed by atoms with van der Waals surface area (Å²) >= 11 is 0. The van der Waals surface area contributed by atoms with Gasteiger partial charge in [-0.2, -0.15) is 0 Å². The zero-order chi connectivity index (χ0) is 14.6. The lowest BCUT2D eigenvalue weighted by Gasteiger charge is -2.24. The average molecular weight is 272 g/mol. The molecule has 0 aromatic rings. The minimum absolute atomic E-state index is 0.0811. The van der Waals surface area contributed by atoms with Crippen LogP contribution in [0.2, 0.25) is 0 Å². The topological polar surface area (TPSA) is 89.9 Å². The average Bonchev–Trinajstić information content (AvgIpc) is 2.84. The molecule has 0 radical (unpaired) electrons. The van der Waals surface area contributed by atoms with Crippen molar-refractivity contribution in [2.75, 3.05) is 13.1 Å². The Hall–Kier alpha value is -1.30. The van der Waals surface area contributed by atoms with Crippen molar-refractivity contribution in [2.24, 2.45) is 11.8 Å². The molecule has 6 nitrogen and oxygen atoms in total. The maximum Gasteiger partial charge on any atom is 0.326 e. The number of amides is 2. The van der Waals surface area contributed by atoms with Gasteiger partial charge in [-0.05, 0) is 19.3 Å². The van der Waals surface area contributed by atoms with Crippen LogP contribution in [0.3, 0.4) is 0 Å². The molecule has 2 amide bonds. The molecule has 2 unspecified atom stereocenters. The first kappa shape index (κ1) is 15.8. The molecule has 19 heavy (non-hydrogen) atoms. The second-order valence-corrected chi connectivity index (χ2v) is 5.39. The Kier molecular flexibility index (Phi) is 5.60. The standard InChI is InChI=1S/C13H24N2O4/c1-4-8(2)11(12(17)18)14-13(19)15-6-5-10(7-15)9(3)16/h8-11,16H,4-7H2,1-3H3,(H,14,19)(H,17,18)/t8-,9?,10?,11-/m0/s1. The largest absolute Gasteiger partial charge is 0.480 e. The van der Waals surface area contributed by atoms with E-state index in [0.717, 1.165) is 6.42 Å². The summed E-state index contributed by atoms with van der Waals surface area (Å²) in [5.74, 6) is -1.04. The summed E-state index contributed by atoms with van der Waals surface area (Å²) in [5, 5.41) is 21.2. The number of nitrogens with zero attached hydrogens (tertiary/aromatic N) is 1. The summed E-state index contributed by atoms with van der Waals surface area (Å²) < 4.78 is 0. The Balaban J connectivity index is 2.56. The van der Waals surface area contributed by atoms with E-state index >= 15 is 0 Å². The number of aliphatic carboxylic acids is 1. The van der Waals surface area contributed by atoms with Gasteiger partial charge in [0.05, 0.1) is 6.10 Å². The molecule has 110 valence electrons. The Labute approximate surface area is 113 Å². The monoisotopic (exact) mass is 272 g/mol. The van der Waals surface area contributed by atoms with E-state index in [-0.39, 0.29) is 17.9 Å². The van der Waals surface area contributed by atoms with E-state index in [4.69, 9.17) is 5.11 Å². The fourth-order valence-electron chi connectivity index (χ4n) is 2.27. The lowest BCUT2D eigenvalue weighted by atomic mass is 9.99. The summed E-state index contributed by atoms with van der Waals surface area (Å²) in [4.78, 5) is 24.7. The van der Waals surface area contributed by atoms with E-state index in [9.17, 15) is 14.7 Å². The zero-order valence-electron chi connectivity index (χ0n) is 11.8. The summed E-state index contributed by atoms with van der Waals surface area (Å²) in [7, 11) is 0. The Bertz CT molecular complexity index is 333. The second kappa shape index (κ2) is 6.75. The van der Waals surface area contributed by atoms with E-state index < -0.39 is 18.1 Å². The third-order valence-corrected chi connectivity index (χ3v) is 3.95. The van der Waals surface area contributed by atoms with E-state index in [1.807, 2.05) is 13.8 Å². The van der Waals surface area contributed by atoms with Gasteiger partial charge in [0.25, 0.3) is 0 Å². The van der Waals surface area contributed by atoms with Crippen molar-refractivity contribution in [2.45, 2.75) is 45.8 Å². The molecule has 0 saturated carbocycles. The van der Waals surface area contributed by atoms with Gasteiger partial charge in [0.1, 0.15) is 6.04 Å². The third kappa shape index (κ3) is 4.09.